The van der Waals surface area contributed by atoms with Gasteiger partial charge in [0.25, 0.3) is 0 Å². The summed E-state index contributed by atoms with van der Waals surface area (Å²) in [5, 5.41) is 0.753. The van der Waals surface area contributed by atoms with Gasteiger partial charge in [-0.1, -0.05) is 6.07 Å². The number of carbonyl (C=O) groups excluding carboxylic acids is 1. The molecule has 5 heteroatoms. The summed E-state index contributed by atoms with van der Waals surface area (Å²) in [6.07, 6.45) is 9.70. The molecule has 4 bridgehead atoms. The van der Waals surface area contributed by atoms with E-state index in [-0.39, 0.29) is 16.8 Å². The van der Waals surface area contributed by atoms with Gasteiger partial charge in [-0.3, -0.25) is 4.79 Å². The number of nitrogens with zero attached hydrogens (tertiary/aromatic N) is 1. The van der Waals surface area contributed by atoms with Crippen molar-refractivity contribution < 1.29 is 13.6 Å². The van der Waals surface area contributed by atoms with Crippen molar-refractivity contribution in [3.05, 3.63) is 52.7 Å². The Hall–Kier alpha value is -2.69. The van der Waals surface area contributed by atoms with Gasteiger partial charge in [0.15, 0.2) is 5.78 Å². The lowest BCUT2D eigenvalue weighted by atomic mass is 9.48. The van der Waals surface area contributed by atoms with Crippen molar-refractivity contribution in [1.82, 2.24) is 4.98 Å². The number of aromatic nitrogens is 1. The fourth-order valence-corrected chi connectivity index (χ4v) is 6.44. The molecule has 142 valence electrons. The maximum absolute atomic E-state index is 13.5. The topological polar surface area (TPSA) is 73.3 Å². The summed E-state index contributed by atoms with van der Waals surface area (Å²) in [5.41, 5.74) is 0.537. The Morgan fingerprint density at radius 2 is 1.75 bits per heavy atom. The Morgan fingerprint density at radius 1 is 1.04 bits per heavy atom. The standard InChI is InChI=1S/C23H21NO4/c25-20(23-10-13-5-14(11-23)7-15(6-13)12-23)18-8-16-1-2-17(21-24-3-4-27-21)9-19(16)28-22(18)26/h1-4,8-9,13-15H,5-7,10-12H2. The van der Waals surface area contributed by atoms with Gasteiger partial charge < -0.3 is 8.83 Å². The van der Waals surface area contributed by atoms with E-state index in [4.69, 9.17) is 8.83 Å². The molecule has 7 rings (SSSR count). The first-order valence-electron chi connectivity index (χ1n) is 10.1. The third kappa shape index (κ3) is 2.35. The number of rotatable bonds is 3. The molecule has 0 saturated heterocycles. The van der Waals surface area contributed by atoms with Crippen LogP contribution >= 0.6 is 0 Å². The van der Waals surface area contributed by atoms with Gasteiger partial charge in [-0.2, -0.15) is 0 Å². The van der Waals surface area contributed by atoms with Crippen LogP contribution in [0.25, 0.3) is 22.4 Å². The number of fused-ring (bicyclic) bond motifs is 1. The van der Waals surface area contributed by atoms with Gasteiger partial charge in [-0.05, 0) is 74.5 Å². The van der Waals surface area contributed by atoms with Gasteiger partial charge in [0, 0.05) is 16.4 Å². The number of carbonyl (C=O) groups is 1. The first kappa shape index (κ1) is 16.3. The van der Waals surface area contributed by atoms with Gasteiger partial charge in [-0.15, -0.1) is 0 Å². The van der Waals surface area contributed by atoms with Crippen LogP contribution in [0.15, 0.2) is 50.4 Å². The van der Waals surface area contributed by atoms with Gasteiger partial charge in [0.2, 0.25) is 5.89 Å². The zero-order valence-corrected chi connectivity index (χ0v) is 15.5. The smallest absolute Gasteiger partial charge is 0.347 e. The lowest BCUT2D eigenvalue weighted by Crippen LogP contribution is -2.50. The molecule has 3 aromatic rings. The first-order valence-corrected chi connectivity index (χ1v) is 10.1. The Balaban J connectivity index is 1.41. The van der Waals surface area contributed by atoms with E-state index >= 15 is 0 Å². The van der Waals surface area contributed by atoms with Gasteiger partial charge in [0.1, 0.15) is 17.4 Å². The molecule has 4 aliphatic rings. The van der Waals surface area contributed by atoms with E-state index in [0.717, 1.165) is 30.2 Å². The van der Waals surface area contributed by atoms with Crippen LogP contribution in [0.1, 0.15) is 48.9 Å². The minimum Gasteiger partial charge on any atom is -0.445 e. The summed E-state index contributed by atoms with van der Waals surface area (Å²) in [6, 6.07) is 7.18. The van der Waals surface area contributed by atoms with E-state index in [9.17, 15) is 9.59 Å². The van der Waals surface area contributed by atoms with Gasteiger partial charge >= 0.3 is 5.63 Å². The third-order valence-electron chi connectivity index (χ3n) is 7.18. The molecule has 4 aliphatic carbocycles. The molecule has 0 unspecified atom stereocenters. The maximum atomic E-state index is 13.5. The van der Waals surface area contributed by atoms with Crippen molar-refractivity contribution in [3.63, 3.8) is 0 Å². The first-order chi connectivity index (χ1) is 13.6. The molecule has 0 radical (unpaired) electrons. The fraction of sp³-hybridized carbons (Fsp3) is 0.435. The molecule has 28 heavy (non-hydrogen) atoms. The van der Waals surface area contributed by atoms with E-state index in [0.29, 0.717) is 29.2 Å². The second-order valence-corrected chi connectivity index (χ2v) is 9.06. The molecule has 1 aromatic carbocycles. The highest BCUT2D eigenvalue weighted by molar-refractivity contribution is 6.02. The molecule has 0 N–H and O–H groups in total. The lowest BCUT2D eigenvalue weighted by Gasteiger charge is -2.55. The van der Waals surface area contributed by atoms with Crippen LogP contribution in [-0.2, 0) is 0 Å². The second-order valence-electron chi connectivity index (χ2n) is 9.06. The predicted octanol–water partition coefficient (Wildman–Crippen LogP) is 4.85. The van der Waals surface area contributed by atoms with Crippen LogP contribution in [0.2, 0.25) is 0 Å². The largest absolute Gasteiger partial charge is 0.445 e. The van der Waals surface area contributed by atoms with Crippen molar-refractivity contribution in [2.45, 2.75) is 38.5 Å². The Bertz CT molecular complexity index is 1110. The SMILES string of the molecule is O=C(c1cc2ccc(-c3ncco3)cc2oc1=O)C12CC3CC(CC(C3)C1)C2. The average Bonchev–Trinajstić information content (AvgIpc) is 3.20. The molecule has 0 spiro atoms. The number of ketones is 1. The molecular weight excluding hydrogens is 354 g/mol. The van der Waals surface area contributed by atoms with Gasteiger partial charge in [-0.25, -0.2) is 9.78 Å². The van der Waals surface area contributed by atoms with Crippen LogP contribution in [0.5, 0.6) is 0 Å². The minimum atomic E-state index is -0.530. The predicted molar refractivity (Wildman–Crippen MR) is 103 cm³/mol. The molecular formula is C23H21NO4. The lowest BCUT2D eigenvalue weighted by molar-refractivity contribution is -0.0354. The zero-order valence-electron chi connectivity index (χ0n) is 15.5. The summed E-state index contributed by atoms with van der Waals surface area (Å²) in [7, 11) is 0. The summed E-state index contributed by atoms with van der Waals surface area (Å²) in [6.45, 7) is 0. The number of hydrogen-bond donors (Lipinski definition) is 0. The van der Waals surface area contributed by atoms with E-state index < -0.39 is 5.63 Å². The summed E-state index contributed by atoms with van der Waals surface area (Å²) in [5.74, 6) is 2.46. The van der Waals surface area contributed by atoms with Crippen molar-refractivity contribution in [2.24, 2.45) is 23.2 Å². The highest BCUT2D eigenvalue weighted by Gasteiger charge is 2.55. The van der Waals surface area contributed by atoms with Gasteiger partial charge in [0.05, 0.1) is 6.20 Å². The van der Waals surface area contributed by atoms with E-state index in [2.05, 4.69) is 4.98 Å². The fourth-order valence-electron chi connectivity index (χ4n) is 6.44. The normalized spacial score (nSPS) is 30.8. The Labute approximate surface area is 161 Å². The van der Waals surface area contributed by atoms with Crippen LogP contribution in [0.4, 0.5) is 0 Å². The van der Waals surface area contributed by atoms with E-state index in [1.54, 1.807) is 18.3 Å². The van der Waals surface area contributed by atoms with E-state index in [1.165, 1.54) is 25.5 Å². The average molecular weight is 375 g/mol. The highest BCUT2D eigenvalue weighted by atomic mass is 16.4. The molecule has 0 amide bonds. The number of hydrogen-bond acceptors (Lipinski definition) is 5. The molecule has 4 saturated carbocycles. The number of Topliss-reactive ketones (excluding diaryl/α,β-unsaturated/α-hetero) is 1. The molecule has 2 heterocycles. The number of benzene rings is 1. The van der Waals surface area contributed by atoms with Crippen molar-refractivity contribution >= 4 is 16.8 Å². The van der Waals surface area contributed by atoms with Crippen LogP contribution in [0, 0.1) is 23.2 Å². The van der Waals surface area contributed by atoms with Crippen LogP contribution < -0.4 is 5.63 Å². The monoisotopic (exact) mass is 375 g/mol. The molecule has 5 nitrogen and oxygen atoms in total. The van der Waals surface area contributed by atoms with Crippen LogP contribution in [0.3, 0.4) is 0 Å². The van der Waals surface area contributed by atoms with E-state index in [1.807, 2.05) is 12.1 Å². The number of oxazole rings is 1. The maximum Gasteiger partial charge on any atom is 0.347 e. The van der Waals surface area contributed by atoms with Crippen molar-refractivity contribution in [2.75, 3.05) is 0 Å². The Morgan fingerprint density at radius 3 is 2.39 bits per heavy atom. The minimum absolute atomic E-state index is 0.0130. The molecule has 2 aromatic heterocycles. The van der Waals surface area contributed by atoms with Crippen LogP contribution in [-0.4, -0.2) is 10.8 Å². The Kier molecular flexibility index (Phi) is 3.29. The zero-order chi connectivity index (χ0) is 18.9. The summed E-state index contributed by atoms with van der Waals surface area (Å²) >= 11 is 0. The second kappa shape index (κ2) is 5.66. The molecule has 0 aliphatic heterocycles. The third-order valence-corrected chi connectivity index (χ3v) is 7.18. The summed E-state index contributed by atoms with van der Waals surface area (Å²) in [4.78, 5) is 30.4. The van der Waals surface area contributed by atoms with Crippen molar-refractivity contribution in [1.29, 1.82) is 0 Å². The highest BCUT2D eigenvalue weighted by Crippen LogP contribution is 2.60. The molecule has 0 atom stereocenters. The van der Waals surface area contributed by atoms with Crippen molar-refractivity contribution in [3.8, 4) is 11.5 Å². The quantitative estimate of drug-likeness (QED) is 0.483. The molecule has 4 fully saturated rings. The summed E-state index contributed by atoms with van der Waals surface area (Å²) < 4.78 is 10.9.